The number of halogens is 1. The summed E-state index contributed by atoms with van der Waals surface area (Å²) in [5, 5.41) is 4.68. The number of hydrogen-bond acceptors (Lipinski definition) is 5. The number of carbonyl (C=O) groups excluding carboxylic acids is 1. The van der Waals surface area contributed by atoms with Gasteiger partial charge in [0.1, 0.15) is 12.4 Å². The van der Waals surface area contributed by atoms with Crippen LogP contribution in [0.4, 0.5) is 0 Å². The van der Waals surface area contributed by atoms with Gasteiger partial charge in [-0.15, -0.1) is 0 Å². The molecule has 3 aromatic rings. The summed E-state index contributed by atoms with van der Waals surface area (Å²) in [5.74, 6) is 1.51. The summed E-state index contributed by atoms with van der Waals surface area (Å²) < 4.78 is 17.1. The van der Waals surface area contributed by atoms with Gasteiger partial charge in [-0.05, 0) is 72.5 Å². The molecular weight excluding hydrogens is 440 g/mol. The number of ether oxygens (including phenoxy) is 3. The summed E-state index contributed by atoms with van der Waals surface area (Å²) in [6.07, 6.45) is 2.50. The van der Waals surface area contributed by atoms with Gasteiger partial charge < -0.3 is 14.2 Å². The molecule has 0 aliphatic heterocycles. The number of benzene rings is 3. The Morgan fingerprint density at radius 2 is 1.64 bits per heavy atom. The van der Waals surface area contributed by atoms with E-state index in [1.54, 1.807) is 6.21 Å². The Balaban J connectivity index is 1.52. The molecule has 0 atom stereocenters. The molecule has 0 aromatic heterocycles. The maximum Gasteiger partial charge on any atom is 0.277 e. The fraction of sp³-hybridized carbons (Fsp3) is 0.231. The molecule has 3 rings (SSSR count). The number of rotatable bonds is 11. The average Bonchev–Trinajstić information content (AvgIpc) is 2.84. The molecule has 0 unspecified atom stereocenters. The molecular formula is C26H27ClN2O4. The van der Waals surface area contributed by atoms with Gasteiger partial charge in [-0.25, -0.2) is 5.43 Å². The number of carbonyl (C=O) groups is 1. The number of hydrogen-bond donors (Lipinski definition) is 1. The zero-order valence-corrected chi connectivity index (χ0v) is 19.5. The Morgan fingerprint density at radius 1 is 0.909 bits per heavy atom. The average molecular weight is 467 g/mol. The molecule has 0 aliphatic carbocycles. The highest BCUT2D eigenvalue weighted by Crippen LogP contribution is 2.29. The third kappa shape index (κ3) is 7.84. The zero-order chi connectivity index (χ0) is 23.5. The molecule has 0 radical (unpaired) electrons. The first kappa shape index (κ1) is 24.1. The fourth-order valence-corrected chi connectivity index (χ4v) is 3.04. The SMILES string of the molecule is CCOc1cc(/C=N/NC(=O)COc2ccc(CC)cc2)ccc1OCc1ccc(Cl)cc1. The molecule has 172 valence electrons. The molecule has 1 amide bonds. The molecule has 0 saturated carbocycles. The van der Waals surface area contributed by atoms with Gasteiger partial charge in [-0.1, -0.05) is 42.8 Å². The van der Waals surface area contributed by atoms with Crippen LogP contribution < -0.4 is 19.6 Å². The molecule has 3 aromatic carbocycles. The summed E-state index contributed by atoms with van der Waals surface area (Å²) in [4.78, 5) is 12.0. The van der Waals surface area contributed by atoms with E-state index in [-0.39, 0.29) is 12.5 Å². The maximum absolute atomic E-state index is 12.0. The smallest absolute Gasteiger partial charge is 0.277 e. The monoisotopic (exact) mass is 466 g/mol. The quantitative estimate of drug-likeness (QED) is 0.303. The van der Waals surface area contributed by atoms with Gasteiger partial charge in [0.25, 0.3) is 5.91 Å². The van der Waals surface area contributed by atoms with E-state index in [0.717, 1.165) is 17.5 Å². The number of amides is 1. The summed E-state index contributed by atoms with van der Waals surface area (Å²) in [7, 11) is 0. The van der Waals surface area contributed by atoms with Crippen LogP contribution in [0.2, 0.25) is 5.02 Å². The van der Waals surface area contributed by atoms with Crippen molar-refractivity contribution in [3.8, 4) is 17.2 Å². The highest BCUT2D eigenvalue weighted by Gasteiger charge is 2.07. The van der Waals surface area contributed by atoms with Crippen LogP contribution in [0.25, 0.3) is 0 Å². The standard InChI is InChI=1S/C26H27ClN2O4/c1-3-19-7-12-23(13-8-19)32-18-26(30)29-28-16-21-9-14-24(25(15-21)31-4-2)33-17-20-5-10-22(27)11-6-20/h5-16H,3-4,17-18H2,1-2H3,(H,29,30)/b28-16+. The molecule has 0 fully saturated rings. The Kier molecular flexibility index (Phi) is 9.15. The van der Waals surface area contributed by atoms with Crippen LogP contribution in [0.5, 0.6) is 17.2 Å². The minimum Gasteiger partial charge on any atom is -0.490 e. The lowest BCUT2D eigenvalue weighted by atomic mass is 10.2. The van der Waals surface area contributed by atoms with Gasteiger partial charge in [-0.2, -0.15) is 5.10 Å². The molecule has 6 nitrogen and oxygen atoms in total. The van der Waals surface area contributed by atoms with Crippen LogP contribution in [0.15, 0.2) is 71.8 Å². The lowest BCUT2D eigenvalue weighted by Gasteiger charge is -2.12. The Labute approximate surface area is 199 Å². The van der Waals surface area contributed by atoms with Crippen LogP contribution >= 0.6 is 11.6 Å². The van der Waals surface area contributed by atoms with E-state index in [4.69, 9.17) is 25.8 Å². The van der Waals surface area contributed by atoms with Crippen molar-refractivity contribution in [3.05, 3.63) is 88.4 Å². The number of nitrogens with one attached hydrogen (secondary N) is 1. The second-order valence-electron chi connectivity index (χ2n) is 7.13. The Morgan fingerprint density at radius 3 is 2.33 bits per heavy atom. The lowest BCUT2D eigenvalue weighted by Crippen LogP contribution is -2.24. The minimum atomic E-state index is -0.348. The topological polar surface area (TPSA) is 69.2 Å². The second-order valence-corrected chi connectivity index (χ2v) is 7.57. The molecule has 0 spiro atoms. The highest BCUT2D eigenvalue weighted by molar-refractivity contribution is 6.30. The van der Waals surface area contributed by atoms with E-state index < -0.39 is 0 Å². The third-order valence-corrected chi connectivity index (χ3v) is 4.93. The van der Waals surface area contributed by atoms with Gasteiger partial charge in [0.2, 0.25) is 0 Å². The van der Waals surface area contributed by atoms with E-state index in [9.17, 15) is 4.79 Å². The number of aryl methyl sites for hydroxylation is 1. The summed E-state index contributed by atoms with van der Waals surface area (Å²) in [6.45, 7) is 4.75. The first-order chi connectivity index (χ1) is 16.1. The van der Waals surface area contributed by atoms with E-state index in [1.165, 1.54) is 5.56 Å². The second kappa shape index (κ2) is 12.5. The Hall–Kier alpha value is -3.51. The molecule has 0 aliphatic rings. The van der Waals surface area contributed by atoms with Crippen molar-refractivity contribution in [2.75, 3.05) is 13.2 Å². The van der Waals surface area contributed by atoms with Crippen molar-refractivity contribution in [3.63, 3.8) is 0 Å². The van der Waals surface area contributed by atoms with Crippen molar-refractivity contribution < 1.29 is 19.0 Å². The van der Waals surface area contributed by atoms with Crippen molar-refractivity contribution in [1.29, 1.82) is 0 Å². The van der Waals surface area contributed by atoms with Crippen LogP contribution in [0.1, 0.15) is 30.5 Å². The van der Waals surface area contributed by atoms with Gasteiger partial charge >= 0.3 is 0 Å². The first-order valence-corrected chi connectivity index (χ1v) is 11.1. The number of nitrogens with zero attached hydrogens (tertiary/aromatic N) is 1. The van der Waals surface area contributed by atoms with Gasteiger partial charge in [0.15, 0.2) is 18.1 Å². The van der Waals surface area contributed by atoms with Gasteiger partial charge in [-0.3, -0.25) is 4.79 Å². The molecule has 0 heterocycles. The largest absolute Gasteiger partial charge is 0.490 e. The predicted molar refractivity (Wildman–Crippen MR) is 130 cm³/mol. The van der Waals surface area contributed by atoms with Crippen molar-refractivity contribution in [2.24, 2.45) is 5.10 Å². The zero-order valence-electron chi connectivity index (χ0n) is 18.7. The molecule has 0 saturated heterocycles. The van der Waals surface area contributed by atoms with Crippen LogP contribution in [-0.2, 0) is 17.8 Å². The van der Waals surface area contributed by atoms with Crippen LogP contribution in [-0.4, -0.2) is 25.3 Å². The lowest BCUT2D eigenvalue weighted by molar-refractivity contribution is -0.123. The van der Waals surface area contributed by atoms with Gasteiger partial charge in [0, 0.05) is 5.02 Å². The summed E-state index contributed by atoms with van der Waals surface area (Å²) >= 11 is 5.92. The van der Waals surface area contributed by atoms with Gasteiger partial charge in [0.05, 0.1) is 12.8 Å². The summed E-state index contributed by atoms with van der Waals surface area (Å²) in [5.41, 5.74) is 5.43. The van der Waals surface area contributed by atoms with Crippen molar-refractivity contribution >= 4 is 23.7 Å². The predicted octanol–water partition coefficient (Wildman–Crippen LogP) is 5.41. The first-order valence-electron chi connectivity index (χ1n) is 10.7. The summed E-state index contributed by atoms with van der Waals surface area (Å²) in [6, 6.07) is 20.6. The van der Waals surface area contributed by atoms with Crippen molar-refractivity contribution in [1.82, 2.24) is 5.43 Å². The molecule has 33 heavy (non-hydrogen) atoms. The normalized spacial score (nSPS) is 10.8. The number of hydrazone groups is 1. The third-order valence-electron chi connectivity index (χ3n) is 4.68. The highest BCUT2D eigenvalue weighted by atomic mass is 35.5. The van der Waals surface area contributed by atoms with Crippen molar-refractivity contribution in [2.45, 2.75) is 26.9 Å². The fourth-order valence-electron chi connectivity index (χ4n) is 2.92. The maximum atomic E-state index is 12.0. The van der Waals surface area contributed by atoms with Crippen LogP contribution in [0, 0.1) is 0 Å². The van der Waals surface area contributed by atoms with E-state index in [2.05, 4.69) is 17.5 Å². The van der Waals surface area contributed by atoms with E-state index in [1.807, 2.05) is 73.7 Å². The minimum absolute atomic E-state index is 0.121. The molecule has 0 bridgehead atoms. The Bertz CT molecular complexity index is 1070. The molecule has 7 heteroatoms. The van der Waals surface area contributed by atoms with Crippen LogP contribution in [0.3, 0.4) is 0 Å². The van der Waals surface area contributed by atoms with E-state index in [0.29, 0.717) is 35.5 Å². The molecule has 1 N–H and O–H groups in total. The van der Waals surface area contributed by atoms with E-state index >= 15 is 0 Å².